The van der Waals surface area contributed by atoms with E-state index in [1.165, 1.54) is 0 Å². The second-order valence-electron chi connectivity index (χ2n) is 5.58. The van der Waals surface area contributed by atoms with Gasteiger partial charge in [-0.3, -0.25) is 0 Å². The van der Waals surface area contributed by atoms with Gasteiger partial charge in [0.1, 0.15) is 36.6 Å². The highest BCUT2D eigenvalue weighted by atomic mass is 16.7. The molecule has 2 saturated heterocycles. The first kappa shape index (κ1) is 17.9. The van der Waals surface area contributed by atoms with Crippen LogP contribution in [0.25, 0.3) is 0 Å². The quantitative estimate of drug-likeness (QED) is 0.251. The van der Waals surface area contributed by atoms with Crippen molar-refractivity contribution in [1.82, 2.24) is 5.32 Å². The highest BCUT2D eigenvalue weighted by molar-refractivity contribution is 4.92. The van der Waals surface area contributed by atoms with E-state index < -0.39 is 61.7 Å². The van der Waals surface area contributed by atoms with Gasteiger partial charge in [-0.15, -0.1) is 0 Å². The molecule has 22 heavy (non-hydrogen) atoms. The van der Waals surface area contributed by atoms with Crippen molar-refractivity contribution in [3.05, 3.63) is 0 Å². The zero-order valence-electron chi connectivity index (χ0n) is 11.8. The van der Waals surface area contributed by atoms with Crippen molar-refractivity contribution in [2.75, 3.05) is 19.7 Å². The number of hydrogen-bond donors (Lipinski definition) is 8. The van der Waals surface area contributed by atoms with Crippen LogP contribution < -0.4 is 5.32 Å². The van der Waals surface area contributed by atoms with Gasteiger partial charge in [0.25, 0.3) is 0 Å². The summed E-state index contributed by atoms with van der Waals surface area (Å²) in [5, 5.41) is 70.7. The number of rotatable bonds is 3. The van der Waals surface area contributed by atoms with Gasteiger partial charge in [0.15, 0.2) is 6.29 Å². The summed E-state index contributed by atoms with van der Waals surface area (Å²) in [5.74, 6) is 0. The molecule has 0 aromatic carbocycles. The van der Waals surface area contributed by atoms with Gasteiger partial charge in [0.05, 0.1) is 18.8 Å². The van der Waals surface area contributed by atoms with E-state index in [0.29, 0.717) is 0 Å². The van der Waals surface area contributed by atoms with Crippen LogP contribution in [-0.2, 0) is 9.47 Å². The highest BCUT2D eigenvalue weighted by Crippen LogP contribution is 2.25. The number of ether oxygens (including phenoxy) is 2. The fraction of sp³-hybridized carbons (Fsp3) is 1.00. The van der Waals surface area contributed by atoms with Crippen molar-refractivity contribution in [2.45, 2.75) is 55.1 Å². The number of hydrogen-bond acceptors (Lipinski definition) is 10. The maximum Gasteiger partial charge on any atom is 0.187 e. The Morgan fingerprint density at radius 2 is 1.50 bits per heavy atom. The Balaban J connectivity index is 2.09. The average molecular weight is 325 g/mol. The van der Waals surface area contributed by atoms with Crippen LogP contribution in [0.3, 0.4) is 0 Å². The van der Waals surface area contributed by atoms with Crippen LogP contribution in [0.2, 0.25) is 0 Å². The van der Waals surface area contributed by atoms with Gasteiger partial charge in [-0.05, 0) is 0 Å². The molecule has 0 bridgehead atoms. The van der Waals surface area contributed by atoms with Gasteiger partial charge in [0.2, 0.25) is 0 Å². The van der Waals surface area contributed by atoms with Crippen LogP contribution in [0.15, 0.2) is 0 Å². The largest absolute Gasteiger partial charge is 0.394 e. The molecule has 8 N–H and O–H groups in total. The Kier molecular flexibility index (Phi) is 6.07. The summed E-state index contributed by atoms with van der Waals surface area (Å²) < 4.78 is 10.5. The molecule has 0 amide bonds. The molecule has 0 aromatic heterocycles. The number of aliphatic hydroxyl groups excluding tert-OH is 7. The van der Waals surface area contributed by atoms with Gasteiger partial charge in [0, 0.05) is 13.1 Å². The highest BCUT2D eigenvalue weighted by Gasteiger charge is 2.47. The van der Waals surface area contributed by atoms with Crippen LogP contribution in [-0.4, -0.2) is 111 Å². The Hall–Kier alpha value is -0.400. The third kappa shape index (κ3) is 3.57. The second kappa shape index (κ2) is 7.45. The lowest BCUT2D eigenvalue weighted by Crippen LogP contribution is -2.61. The molecule has 0 saturated carbocycles. The van der Waals surface area contributed by atoms with Crippen molar-refractivity contribution < 1.29 is 45.2 Å². The van der Waals surface area contributed by atoms with Crippen molar-refractivity contribution >= 4 is 0 Å². The summed E-state index contributed by atoms with van der Waals surface area (Å²) in [5.41, 5.74) is 0. The van der Waals surface area contributed by atoms with E-state index >= 15 is 0 Å². The van der Waals surface area contributed by atoms with E-state index in [-0.39, 0.29) is 13.1 Å². The fourth-order valence-electron chi connectivity index (χ4n) is 2.57. The summed E-state index contributed by atoms with van der Waals surface area (Å²) >= 11 is 0. The topological polar surface area (TPSA) is 172 Å². The van der Waals surface area contributed by atoms with Gasteiger partial charge in [-0.25, -0.2) is 0 Å². The first-order chi connectivity index (χ1) is 10.4. The minimum absolute atomic E-state index is 0.0379. The van der Waals surface area contributed by atoms with Gasteiger partial charge in [-0.1, -0.05) is 0 Å². The first-order valence-electron chi connectivity index (χ1n) is 7.07. The predicted octanol–water partition coefficient (Wildman–Crippen LogP) is -5.14. The van der Waals surface area contributed by atoms with E-state index in [9.17, 15) is 30.6 Å². The summed E-state index contributed by atoms with van der Waals surface area (Å²) in [6.45, 7) is -0.534. The average Bonchev–Trinajstić information content (AvgIpc) is 2.61. The van der Waals surface area contributed by atoms with E-state index in [4.69, 9.17) is 14.6 Å². The standard InChI is InChI=1S/C12H23NO9/c14-3-6-8(18)9(19)10(20)12(21-6)22-11-5(16)2-13-1-4(15)7(11)17/h4-20H,1-3H2/t4-,5+,6+,7+,8+,9-,10+,11+,12+/m0/s1. The van der Waals surface area contributed by atoms with Crippen LogP contribution in [0.4, 0.5) is 0 Å². The molecule has 2 aliphatic heterocycles. The Bertz CT molecular complexity index is 357. The predicted molar refractivity (Wildman–Crippen MR) is 69.5 cm³/mol. The van der Waals surface area contributed by atoms with Crippen molar-refractivity contribution in [2.24, 2.45) is 0 Å². The van der Waals surface area contributed by atoms with Gasteiger partial charge < -0.3 is 50.5 Å². The maximum absolute atomic E-state index is 9.97. The number of aliphatic hydroxyl groups is 7. The van der Waals surface area contributed by atoms with E-state index in [2.05, 4.69) is 5.32 Å². The fourth-order valence-corrected chi connectivity index (χ4v) is 2.57. The maximum atomic E-state index is 9.97. The molecular formula is C12H23NO9. The third-order valence-corrected chi connectivity index (χ3v) is 3.96. The zero-order valence-corrected chi connectivity index (χ0v) is 11.8. The van der Waals surface area contributed by atoms with Gasteiger partial charge >= 0.3 is 0 Å². The molecule has 0 unspecified atom stereocenters. The Labute approximate surface area is 126 Å². The SMILES string of the molecule is OC[C@H]1O[C@H](O[C@H]2[C@H](O)[C@@H](O)CNC[C@H]2O)[C@H](O)[C@@H](O)[C@@H]1O. The molecular weight excluding hydrogens is 302 g/mol. The van der Waals surface area contributed by atoms with Crippen LogP contribution in [0.1, 0.15) is 0 Å². The van der Waals surface area contributed by atoms with Crippen LogP contribution >= 0.6 is 0 Å². The van der Waals surface area contributed by atoms with Gasteiger partial charge in [-0.2, -0.15) is 0 Å². The van der Waals surface area contributed by atoms with E-state index in [1.54, 1.807) is 0 Å². The van der Waals surface area contributed by atoms with Crippen LogP contribution in [0, 0.1) is 0 Å². The molecule has 2 fully saturated rings. The molecule has 0 aliphatic carbocycles. The first-order valence-corrected chi connectivity index (χ1v) is 7.07. The molecule has 2 heterocycles. The minimum atomic E-state index is -1.65. The molecule has 2 rings (SSSR count). The van der Waals surface area contributed by atoms with Crippen LogP contribution in [0.5, 0.6) is 0 Å². The summed E-state index contributed by atoms with van der Waals surface area (Å²) in [6.07, 6.45) is -12.6. The minimum Gasteiger partial charge on any atom is -0.394 e. The Morgan fingerprint density at radius 1 is 0.864 bits per heavy atom. The van der Waals surface area contributed by atoms with Crippen molar-refractivity contribution in [1.29, 1.82) is 0 Å². The molecule has 9 atom stereocenters. The van der Waals surface area contributed by atoms with Crippen molar-refractivity contribution in [3.8, 4) is 0 Å². The van der Waals surface area contributed by atoms with E-state index in [1.807, 2.05) is 0 Å². The summed E-state index contributed by atoms with van der Waals surface area (Å²) in [4.78, 5) is 0. The number of nitrogens with one attached hydrogen (secondary N) is 1. The lowest BCUT2D eigenvalue weighted by molar-refractivity contribution is -0.325. The monoisotopic (exact) mass is 325 g/mol. The molecule has 0 radical (unpaired) electrons. The molecule has 10 nitrogen and oxygen atoms in total. The molecule has 130 valence electrons. The third-order valence-electron chi connectivity index (χ3n) is 3.96. The summed E-state index contributed by atoms with van der Waals surface area (Å²) in [7, 11) is 0. The van der Waals surface area contributed by atoms with Crippen molar-refractivity contribution in [3.63, 3.8) is 0 Å². The van der Waals surface area contributed by atoms with E-state index in [0.717, 1.165) is 0 Å². The Morgan fingerprint density at radius 3 is 2.14 bits per heavy atom. The lowest BCUT2D eigenvalue weighted by Gasteiger charge is -2.42. The second-order valence-corrected chi connectivity index (χ2v) is 5.58. The number of β-amino-alcohol motifs (C(OH)–C–C–N with tert-alkyl or cyclic N) is 2. The summed E-state index contributed by atoms with van der Waals surface area (Å²) in [6, 6.07) is 0. The molecule has 0 spiro atoms. The molecule has 0 aromatic rings. The zero-order chi connectivity index (χ0) is 16.4. The lowest BCUT2D eigenvalue weighted by atomic mass is 9.98. The smallest absolute Gasteiger partial charge is 0.187 e. The molecule has 2 aliphatic rings. The molecule has 10 heteroatoms. The normalized spacial score (nSPS) is 50.6.